The normalized spacial score (nSPS) is 21.5. The number of esters is 2. The third-order valence-corrected chi connectivity index (χ3v) is 8.74. The number of benzene rings is 3. The van der Waals surface area contributed by atoms with Gasteiger partial charge >= 0.3 is 11.9 Å². The van der Waals surface area contributed by atoms with Crippen molar-refractivity contribution in [1.82, 2.24) is 10.0 Å². The maximum atomic E-state index is 13.2. The molecule has 0 radical (unpaired) electrons. The molecular weight excluding hydrogens is 596 g/mol. The Hall–Kier alpha value is -5.35. The molecule has 0 spiro atoms. The van der Waals surface area contributed by atoms with Gasteiger partial charge in [0.1, 0.15) is 24.5 Å². The van der Waals surface area contributed by atoms with Gasteiger partial charge in [0.05, 0.1) is 23.9 Å². The Morgan fingerprint density at radius 2 is 1.53 bits per heavy atom. The summed E-state index contributed by atoms with van der Waals surface area (Å²) in [4.78, 5) is 39.2. The lowest BCUT2D eigenvalue weighted by Crippen LogP contribution is -2.33. The van der Waals surface area contributed by atoms with E-state index in [1.165, 1.54) is 5.01 Å². The smallest absolute Gasteiger partial charge is 0.338 e. The van der Waals surface area contributed by atoms with E-state index in [-0.39, 0.29) is 12.5 Å². The lowest BCUT2D eigenvalue weighted by molar-refractivity contribution is -0.0718. The van der Waals surface area contributed by atoms with Crippen molar-refractivity contribution in [3.8, 4) is 0 Å². The van der Waals surface area contributed by atoms with Gasteiger partial charge in [-0.2, -0.15) is 10.2 Å². The summed E-state index contributed by atoms with van der Waals surface area (Å²) in [6.45, 7) is 4.17. The van der Waals surface area contributed by atoms with Crippen molar-refractivity contribution < 1.29 is 28.6 Å². The number of nitrogens with zero attached hydrogens (tertiary/aromatic N) is 4. The summed E-state index contributed by atoms with van der Waals surface area (Å²) < 4.78 is 18.0. The van der Waals surface area contributed by atoms with E-state index in [0.717, 1.165) is 40.7 Å². The second kappa shape index (κ2) is 12.8. The van der Waals surface area contributed by atoms with Crippen molar-refractivity contribution in [1.29, 1.82) is 0 Å². The number of hydrazone groups is 2. The number of hydrogen-bond donors (Lipinski definition) is 0. The van der Waals surface area contributed by atoms with Crippen LogP contribution in [-0.4, -0.2) is 71.4 Å². The predicted octanol–water partition coefficient (Wildman–Crippen LogP) is 5.59. The van der Waals surface area contributed by atoms with Crippen LogP contribution in [-0.2, 0) is 14.2 Å². The topological polar surface area (TPSA) is 110 Å². The number of allylic oxidation sites excluding steroid dienone is 2. The van der Waals surface area contributed by atoms with E-state index in [9.17, 15) is 14.4 Å². The summed E-state index contributed by atoms with van der Waals surface area (Å²) in [5, 5.41) is 12.6. The van der Waals surface area contributed by atoms with Crippen LogP contribution in [0.3, 0.4) is 0 Å². The van der Waals surface area contributed by atoms with Crippen molar-refractivity contribution in [2.24, 2.45) is 10.2 Å². The molecule has 3 aromatic rings. The van der Waals surface area contributed by atoms with E-state index < -0.39 is 30.4 Å². The summed E-state index contributed by atoms with van der Waals surface area (Å²) in [6.07, 6.45) is 3.44. The fraction of sp³-hybridized carbons (Fsp3) is 0.270. The molecule has 7 rings (SSSR count). The van der Waals surface area contributed by atoms with Crippen LogP contribution in [0.4, 0.5) is 0 Å². The molecule has 3 aliphatic heterocycles. The Bertz CT molecular complexity index is 1830. The highest BCUT2D eigenvalue weighted by atomic mass is 16.6. The first-order valence-electron chi connectivity index (χ1n) is 15.7. The minimum Gasteiger partial charge on any atom is -0.459 e. The highest BCUT2D eigenvalue weighted by molar-refractivity contribution is 6.40. The Morgan fingerprint density at radius 3 is 2.23 bits per heavy atom. The molecule has 238 valence electrons. The minimum absolute atomic E-state index is 0.108. The van der Waals surface area contributed by atoms with Crippen molar-refractivity contribution >= 4 is 29.8 Å². The molecule has 3 heterocycles. The number of aryl methyl sites for hydroxylation is 2. The molecule has 0 N–H and O–H groups in total. The number of carbonyl (C=O) groups is 3. The molecule has 47 heavy (non-hydrogen) atoms. The molecule has 10 heteroatoms. The molecule has 4 aliphatic rings. The number of amides is 1. The zero-order valence-corrected chi connectivity index (χ0v) is 26.2. The molecule has 0 saturated carbocycles. The molecule has 3 atom stereocenters. The fourth-order valence-corrected chi connectivity index (χ4v) is 6.16. The number of rotatable bonds is 7. The molecule has 1 fully saturated rings. The number of carbonyl (C=O) groups excluding carboxylic acids is 3. The van der Waals surface area contributed by atoms with Crippen LogP contribution in [0.1, 0.15) is 61.5 Å². The second-order valence-corrected chi connectivity index (χ2v) is 12.1. The standard InChI is InChI=1S/C37H34N4O6/c1-23-8-12-26(13-9-23)36(43)45-22-32-31(47-37(44)27-14-10-24(2)11-15-27)18-33(46-32)40-20-28-16-17-29-21-41(38-19-30(39-40)34(28)29)35(42)25-6-4-3-5-7-25/h3-15,19-20,31-33H,16-18,21-22H2,1-2H3/t31-,32+,33+/m0/s1. The molecule has 10 nitrogen and oxygen atoms in total. The third-order valence-electron chi connectivity index (χ3n) is 8.74. The van der Waals surface area contributed by atoms with Crippen LogP contribution < -0.4 is 0 Å². The number of hydrogen-bond acceptors (Lipinski definition) is 9. The van der Waals surface area contributed by atoms with Crippen LogP contribution in [0.5, 0.6) is 0 Å². The van der Waals surface area contributed by atoms with Gasteiger partial charge in [0.25, 0.3) is 5.91 Å². The van der Waals surface area contributed by atoms with E-state index in [0.29, 0.717) is 35.4 Å². The summed E-state index contributed by atoms with van der Waals surface area (Å²) in [6, 6.07) is 23.4. The molecule has 1 amide bonds. The largest absolute Gasteiger partial charge is 0.459 e. The van der Waals surface area contributed by atoms with Crippen molar-refractivity contribution in [2.75, 3.05) is 13.2 Å². The Labute approximate surface area is 272 Å². The molecule has 0 aromatic heterocycles. The van der Waals surface area contributed by atoms with Gasteiger partial charge in [-0.15, -0.1) is 0 Å². The van der Waals surface area contributed by atoms with Crippen LogP contribution in [0.15, 0.2) is 112 Å². The maximum Gasteiger partial charge on any atom is 0.338 e. The lowest BCUT2D eigenvalue weighted by atomic mass is 10.0. The second-order valence-electron chi connectivity index (χ2n) is 12.1. The summed E-state index contributed by atoms with van der Waals surface area (Å²) >= 11 is 0. The van der Waals surface area contributed by atoms with Gasteiger partial charge < -0.3 is 14.2 Å². The first kappa shape index (κ1) is 30.3. The van der Waals surface area contributed by atoms with Crippen LogP contribution >= 0.6 is 0 Å². The minimum atomic E-state index is -0.722. The van der Waals surface area contributed by atoms with E-state index >= 15 is 0 Å². The average Bonchev–Trinajstić information content (AvgIpc) is 3.63. The third kappa shape index (κ3) is 6.37. The quantitative estimate of drug-likeness (QED) is 0.313. The summed E-state index contributed by atoms with van der Waals surface area (Å²) in [5.74, 6) is -1.15. The highest BCUT2D eigenvalue weighted by Gasteiger charge is 2.43. The molecule has 0 unspecified atom stereocenters. The average molecular weight is 631 g/mol. The van der Waals surface area contributed by atoms with Gasteiger partial charge in [-0.1, -0.05) is 53.6 Å². The fourth-order valence-electron chi connectivity index (χ4n) is 6.16. The van der Waals surface area contributed by atoms with E-state index in [1.807, 2.05) is 62.5 Å². The van der Waals surface area contributed by atoms with Gasteiger partial charge in [0.2, 0.25) is 0 Å². The van der Waals surface area contributed by atoms with Crippen molar-refractivity contribution in [3.05, 3.63) is 130 Å². The monoisotopic (exact) mass is 630 g/mol. The Balaban J connectivity index is 1.11. The van der Waals surface area contributed by atoms with Crippen molar-refractivity contribution in [3.63, 3.8) is 0 Å². The maximum absolute atomic E-state index is 13.2. The van der Waals surface area contributed by atoms with E-state index in [1.54, 1.807) is 47.6 Å². The first-order valence-corrected chi connectivity index (χ1v) is 15.7. The highest BCUT2D eigenvalue weighted by Crippen LogP contribution is 2.39. The first-order chi connectivity index (χ1) is 22.8. The van der Waals surface area contributed by atoms with Gasteiger partial charge in [0, 0.05) is 23.8 Å². The Morgan fingerprint density at radius 1 is 0.851 bits per heavy atom. The van der Waals surface area contributed by atoms with Crippen LogP contribution in [0.2, 0.25) is 0 Å². The molecule has 0 bridgehead atoms. The Kier molecular flexibility index (Phi) is 8.26. The molecule has 1 saturated heterocycles. The van der Waals surface area contributed by atoms with Crippen LogP contribution in [0, 0.1) is 13.8 Å². The van der Waals surface area contributed by atoms with Gasteiger partial charge in [-0.25, -0.2) is 19.6 Å². The summed E-state index contributed by atoms with van der Waals surface area (Å²) in [5.41, 5.74) is 7.32. The lowest BCUT2D eigenvalue weighted by Gasteiger charge is -2.27. The molecule has 1 aliphatic carbocycles. The zero-order chi connectivity index (χ0) is 32.5. The van der Waals surface area contributed by atoms with Gasteiger partial charge in [0.15, 0.2) is 6.23 Å². The van der Waals surface area contributed by atoms with Crippen LogP contribution in [0.25, 0.3) is 0 Å². The number of ether oxygens (including phenoxy) is 3. The van der Waals surface area contributed by atoms with E-state index in [2.05, 4.69) is 5.10 Å². The van der Waals surface area contributed by atoms with Crippen molar-refractivity contribution in [2.45, 2.75) is 51.5 Å². The van der Waals surface area contributed by atoms with E-state index in [4.69, 9.17) is 19.3 Å². The zero-order valence-electron chi connectivity index (χ0n) is 26.2. The van der Waals surface area contributed by atoms with Gasteiger partial charge in [-0.3, -0.25) is 4.79 Å². The van der Waals surface area contributed by atoms with Gasteiger partial charge in [-0.05, 0) is 74.2 Å². The molecule has 3 aromatic carbocycles. The SMILES string of the molecule is Cc1ccc(C(=O)OC[C@H]2O[C@@H](N3C=C4CCC5=C4C(=N3)C=NN(C(=O)c3ccccc3)C5)C[C@@H]2OC(=O)c2ccc(C)cc2)cc1. The predicted molar refractivity (Wildman–Crippen MR) is 175 cm³/mol. The summed E-state index contributed by atoms with van der Waals surface area (Å²) in [7, 11) is 0. The molecular formula is C37H34N4O6.